The van der Waals surface area contributed by atoms with Gasteiger partial charge in [0, 0.05) is 12.3 Å². The van der Waals surface area contributed by atoms with Crippen molar-refractivity contribution in [2.24, 2.45) is 0 Å². The summed E-state index contributed by atoms with van der Waals surface area (Å²) in [7, 11) is 0. The minimum atomic E-state index is -5.48. The lowest BCUT2D eigenvalue weighted by molar-refractivity contribution is -0.253. The monoisotopic (exact) mass is 365 g/mol. The molecule has 1 N–H and O–H groups in total. The molecular weight excluding hydrogens is 356 g/mol. The van der Waals surface area contributed by atoms with E-state index in [9.17, 15) is 31.1 Å². The first-order chi connectivity index (χ1) is 11.5. The number of pyridine rings is 1. The molecule has 0 aliphatic carbocycles. The number of benzene rings is 1. The summed E-state index contributed by atoms with van der Waals surface area (Å²) in [6.07, 6.45) is -9.96. The predicted molar refractivity (Wildman–Crippen MR) is 72.6 cm³/mol. The Hall–Kier alpha value is -2.78. The van der Waals surface area contributed by atoms with Gasteiger partial charge in [-0.05, 0) is 23.8 Å². The zero-order chi connectivity index (χ0) is 18.8. The second kappa shape index (κ2) is 6.61. The molecule has 0 amide bonds. The number of ether oxygens (including phenoxy) is 1. The molecule has 0 bridgehead atoms. The number of nitrogens with zero attached hydrogens (tertiary/aromatic N) is 1. The molecule has 2 aromatic rings. The molecule has 1 aromatic heterocycles. The van der Waals surface area contributed by atoms with Crippen LogP contribution < -0.4 is 4.74 Å². The van der Waals surface area contributed by atoms with Crippen molar-refractivity contribution >= 4 is 5.97 Å². The Morgan fingerprint density at radius 2 is 1.52 bits per heavy atom. The smallest absolute Gasteiger partial charge is 0.404 e. The number of aromatic carboxylic acids is 1. The molecule has 0 saturated carbocycles. The van der Waals surface area contributed by atoms with E-state index in [2.05, 4.69) is 4.98 Å². The standard InChI is InChI=1S/C15H9F6NO3/c16-14(17,18)12(15(19,20)21)8-1-4-10(5-2-8)25-11-6-3-9(7-22-11)13(23)24/h1-7,12H,(H,23,24). The third-order valence-electron chi connectivity index (χ3n) is 3.07. The zero-order valence-electron chi connectivity index (χ0n) is 12.1. The highest BCUT2D eigenvalue weighted by molar-refractivity contribution is 5.87. The first-order valence-corrected chi connectivity index (χ1v) is 6.59. The highest BCUT2D eigenvalue weighted by Gasteiger charge is 2.57. The van der Waals surface area contributed by atoms with E-state index < -0.39 is 29.8 Å². The van der Waals surface area contributed by atoms with Crippen molar-refractivity contribution in [3.8, 4) is 11.6 Å². The Bertz CT molecular complexity index is 724. The summed E-state index contributed by atoms with van der Waals surface area (Å²) >= 11 is 0. The number of carboxylic acids is 1. The van der Waals surface area contributed by atoms with Gasteiger partial charge < -0.3 is 9.84 Å². The number of hydrogen-bond acceptors (Lipinski definition) is 3. The van der Waals surface area contributed by atoms with Crippen LogP contribution in [0.2, 0.25) is 0 Å². The van der Waals surface area contributed by atoms with Crippen LogP contribution in [0.1, 0.15) is 21.8 Å². The molecule has 1 aromatic carbocycles. The van der Waals surface area contributed by atoms with Crippen molar-refractivity contribution in [2.45, 2.75) is 18.3 Å². The van der Waals surface area contributed by atoms with Gasteiger partial charge in [-0.1, -0.05) is 12.1 Å². The molecule has 0 unspecified atom stereocenters. The van der Waals surface area contributed by atoms with Gasteiger partial charge in [0.1, 0.15) is 5.75 Å². The summed E-state index contributed by atoms with van der Waals surface area (Å²) in [6.45, 7) is 0. The Labute approximate surface area is 136 Å². The molecule has 4 nitrogen and oxygen atoms in total. The molecule has 0 aliphatic rings. The minimum Gasteiger partial charge on any atom is -0.478 e. The number of carboxylic acid groups (broad SMARTS) is 1. The summed E-state index contributed by atoms with van der Waals surface area (Å²) in [5.74, 6) is -4.93. The maximum atomic E-state index is 12.6. The number of hydrogen-bond donors (Lipinski definition) is 1. The number of alkyl halides is 6. The molecule has 10 heteroatoms. The van der Waals surface area contributed by atoms with Crippen LogP contribution in [-0.2, 0) is 0 Å². The average Bonchev–Trinajstić information content (AvgIpc) is 2.47. The molecule has 25 heavy (non-hydrogen) atoms. The van der Waals surface area contributed by atoms with Crippen LogP contribution in [0.15, 0.2) is 42.6 Å². The molecule has 0 spiro atoms. The van der Waals surface area contributed by atoms with Gasteiger partial charge in [0.25, 0.3) is 0 Å². The maximum Gasteiger partial charge on any atom is 0.404 e. The van der Waals surface area contributed by atoms with Crippen LogP contribution in [0.5, 0.6) is 11.6 Å². The van der Waals surface area contributed by atoms with Crippen molar-refractivity contribution in [2.75, 3.05) is 0 Å². The molecule has 0 atom stereocenters. The fourth-order valence-electron chi connectivity index (χ4n) is 1.98. The van der Waals surface area contributed by atoms with Gasteiger partial charge in [0.2, 0.25) is 5.88 Å². The molecule has 0 radical (unpaired) electrons. The fourth-order valence-corrected chi connectivity index (χ4v) is 1.98. The average molecular weight is 365 g/mol. The normalized spacial score (nSPS) is 12.3. The van der Waals surface area contributed by atoms with E-state index in [0.717, 1.165) is 18.3 Å². The number of carbonyl (C=O) groups is 1. The van der Waals surface area contributed by atoms with Crippen molar-refractivity contribution < 1.29 is 41.0 Å². The van der Waals surface area contributed by atoms with Crippen LogP contribution in [-0.4, -0.2) is 28.4 Å². The quantitative estimate of drug-likeness (QED) is 0.793. The maximum absolute atomic E-state index is 12.6. The summed E-state index contributed by atoms with van der Waals surface area (Å²) in [4.78, 5) is 14.3. The second-order valence-electron chi connectivity index (χ2n) is 4.88. The molecule has 1 heterocycles. The Morgan fingerprint density at radius 1 is 0.960 bits per heavy atom. The van der Waals surface area contributed by atoms with Crippen molar-refractivity contribution in [3.63, 3.8) is 0 Å². The van der Waals surface area contributed by atoms with Crippen LogP contribution in [0.25, 0.3) is 0 Å². The van der Waals surface area contributed by atoms with E-state index >= 15 is 0 Å². The van der Waals surface area contributed by atoms with Gasteiger partial charge >= 0.3 is 18.3 Å². The van der Waals surface area contributed by atoms with E-state index in [1.165, 1.54) is 12.1 Å². The molecular formula is C15H9F6NO3. The third kappa shape index (κ3) is 4.61. The summed E-state index contributed by atoms with van der Waals surface area (Å²) in [5, 5.41) is 8.71. The van der Waals surface area contributed by atoms with E-state index in [1.54, 1.807) is 0 Å². The van der Waals surface area contributed by atoms with Crippen LogP contribution >= 0.6 is 0 Å². The van der Waals surface area contributed by atoms with E-state index in [0.29, 0.717) is 12.1 Å². The minimum absolute atomic E-state index is 0.0533. The first-order valence-electron chi connectivity index (χ1n) is 6.59. The van der Waals surface area contributed by atoms with Crippen LogP contribution in [0, 0.1) is 0 Å². The lowest BCUT2D eigenvalue weighted by atomic mass is 9.98. The Kier molecular flexibility index (Phi) is 4.91. The largest absolute Gasteiger partial charge is 0.478 e. The Morgan fingerprint density at radius 3 is 1.92 bits per heavy atom. The number of rotatable bonds is 4. The van der Waals surface area contributed by atoms with Gasteiger partial charge in [-0.3, -0.25) is 0 Å². The van der Waals surface area contributed by atoms with Crippen molar-refractivity contribution in [1.29, 1.82) is 0 Å². The third-order valence-corrected chi connectivity index (χ3v) is 3.07. The molecule has 134 valence electrons. The molecule has 0 fully saturated rings. The van der Waals surface area contributed by atoms with E-state index in [1.807, 2.05) is 0 Å². The van der Waals surface area contributed by atoms with Crippen LogP contribution in [0.4, 0.5) is 26.3 Å². The summed E-state index contributed by atoms with van der Waals surface area (Å²) in [6, 6.07) is 5.58. The van der Waals surface area contributed by atoms with Gasteiger partial charge in [0.05, 0.1) is 5.56 Å². The lowest BCUT2D eigenvalue weighted by Crippen LogP contribution is -2.34. The molecule has 0 saturated heterocycles. The highest BCUT2D eigenvalue weighted by atomic mass is 19.4. The Balaban J connectivity index is 2.20. The second-order valence-corrected chi connectivity index (χ2v) is 4.88. The van der Waals surface area contributed by atoms with Crippen molar-refractivity contribution in [1.82, 2.24) is 4.98 Å². The van der Waals surface area contributed by atoms with Gasteiger partial charge in [-0.15, -0.1) is 0 Å². The van der Waals surface area contributed by atoms with Gasteiger partial charge in [-0.2, -0.15) is 26.3 Å². The number of halogens is 6. The zero-order valence-corrected chi connectivity index (χ0v) is 12.1. The lowest BCUT2D eigenvalue weighted by Gasteiger charge is -2.23. The van der Waals surface area contributed by atoms with E-state index in [-0.39, 0.29) is 17.2 Å². The highest BCUT2D eigenvalue weighted by Crippen LogP contribution is 2.46. The fraction of sp³-hybridized carbons (Fsp3) is 0.200. The predicted octanol–water partition coefficient (Wildman–Crippen LogP) is 4.78. The SMILES string of the molecule is O=C(O)c1ccc(Oc2ccc(C(C(F)(F)F)C(F)(F)F)cc2)nc1. The van der Waals surface area contributed by atoms with Crippen LogP contribution in [0.3, 0.4) is 0 Å². The summed E-state index contributed by atoms with van der Waals surface area (Å²) in [5.41, 5.74) is -1.08. The molecule has 0 aliphatic heterocycles. The molecule has 2 rings (SSSR count). The summed E-state index contributed by atoms with van der Waals surface area (Å²) < 4.78 is 81.0. The van der Waals surface area contributed by atoms with E-state index in [4.69, 9.17) is 9.84 Å². The van der Waals surface area contributed by atoms with Gasteiger partial charge in [0.15, 0.2) is 5.92 Å². The van der Waals surface area contributed by atoms with Crippen molar-refractivity contribution in [3.05, 3.63) is 53.7 Å². The van der Waals surface area contributed by atoms with Gasteiger partial charge in [-0.25, -0.2) is 9.78 Å². The topological polar surface area (TPSA) is 59.4 Å². The first kappa shape index (κ1) is 18.6. The number of aromatic nitrogens is 1.